The van der Waals surface area contributed by atoms with Crippen molar-refractivity contribution in [3.8, 4) is 0 Å². The second-order valence-corrected chi connectivity index (χ2v) is 5.43. The minimum Gasteiger partial charge on any atom is -0.369 e. The Morgan fingerprint density at radius 3 is 2.50 bits per heavy atom. The van der Waals surface area contributed by atoms with Gasteiger partial charge in [-0.3, -0.25) is 0 Å². The van der Waals surface area contributed by atoms with E-state index in [1.54, 1.807) is 11.8 Å². The van der Waals surface area contributed by atoms with Crippen molar-refractivity contribution in [2.45, 2.75) is 18.4 Å². The van der Waals surface area contributed by atoms with E-state index in [1.807, 2.05) is 0 Å². The van der Waals surface area contributed by atoms with Crippen molar-refractivity contribution >= 4 is 17.4 Å². The summed E-state index contributed by atoms with van der Waals surface area (Å²) in [5, 5.41) is 0. The third kappa shape index (κ3) is 2.82. The summed E-state index contributed by atoms with van der Waals surface area (Å²) in [7, 11) is 0. The molecule has 0 unspecified atom stereocenters. The highest BCUT2D eigenvalue weighted by atomic mass is 32.2. The number of piperazine rings is 1. The van der Waals surface area contributed by atoms with Gasteiger partial charge in [-0.15, -0.1) is 11.8 Å². The number of hydrogen-bond donors (Lipinski definition) is 1. The highest BCUT2D eigenvalue weighted by Gasteiger charge is 2.18. The fourth-order valence-electron chi connectivity index (χ4n) is 2.55. The van der Waals surface area contributed by atoms with Crippen molar-refractivity contribution in [2.24, 2.45) is 5.73 Å². The van der Waals surface area contributed by atoms with Gasteiger partial charge in [0.15, 0.2) is 0 Å². The molecule has 4 heteroatoms. The van der Waals surface area contributed by atoms with Crippen LogP contribution in [0.5, 0.6) is 0 Å². The molecule has 2 N–H and O–H groups in total. The van der Waals surface area contributed by atoms with E-state index in [1.165, 1.54) is 16.1 Å². The molecule has 1 aliphatic heterocycles. The third-order valence-electron chi connectivity index (χ3n) is 3.69. The summed E-state index contributed by atoms with van der Waals surface area (Å²) in [6.45, 7) is 8.55. The van der Waals surface area contributed by atoms with Crippen LogP contribution in [0.3, 0.4) is 0 Å². The van der Waals surface area contributed by atoms with Crippen LogP contribution in [-0.2, 0) is 6.54 Å². The van der Waals surface area contributed by atoms with Crippen LogP contribution in [0.1, 0.15) is 12.5 Å². The summed E-state index contributed by atoms with van der Waals surface area (Å²) in [5.41, 5.74) is 8.57. The third-order valence-corrected chi connectivity index (χ3v) is 4.51. The van der Waals surface area contributed by atoms with Gasteiger partial charge in [-0.2, -0.15) is 0 Å². The van der Waals surface area contributed by atoms with Crippen LogP contribution in [0.2, 0.25) is 0 Å². The van der Waals surface area contributed by atoms with Gasteiger partial charge >= 0.3 is 0 Å². The van der Waals surface area contributed by atoms with Gasteiger partial charge in [0.05, 0.1) is 0 Å². The summed E-state index contributed by atoms with van der Waals surface area (Å²) < 4.78 is 0. The minimum atomic E-state index is 0.625. The standard InChI is InChI=1S/C14H23N3S/c1-3-16-7-9-17(10-8-16)13-5-4-6-14(18-2)12(13)11-15/h4-6H,3,7-11,15H2,1-2H3. The maximum Gasteiger partial charge on any atom is 0.0423 e. The quantitative estimate of drug-likeness (QED) is 0.844. The van der Waals surface area contributed by atoms with E-state index in [0.717, 1.165) is 32.7 Å². The van der Waals surface area contributed by atoms with Crippen molar-refractivity contribution < 1.29 is 0 Å². The number of rotatable bonds is 4. The molecule has 0 radical (unpaired) electrons. The summed E-state index contributed by atoms with van der Waals surface area (Å²) in [6.07, 6.45) is 2.12. The number of hydrogen-bond acceptors (Lipinski definition) is 4. The maximum absolute atomic E-state index is 5.94. The van der Waals surface area contributed by atoms with E-state index in [-0.39, 0.29) is 0 Å². The van der Waals surface area contributed by atoms with Gasteiger partial charge in [-0.25, -0.2) is 0 Å². The molecule has 0 aromatic heterocycles. The molecule has 0 amide bonds. The molecule has 1 aliphatic rings. The first-order valence-corrected chi connectivity index (χ1v) is 7.85. The van der Waals surface area contributed by atoms with Crippen molar-refractivity contribution in [2.75, 3.05) is 43.9 Å². The van der Waals surface area contributed by atoms with Crippen LogP contribution in [0.25, 0.3) is 0 Å². The Bertz CT molecular complexity index is 387. The number of anilines is 1. The molecule has 1 fully saturated rings. The SMILES string of the molecule is CCN1CCN(c2cccc(SC)c2CN)CC1. The molecule has 0 atom stereocenters. The van der Waals surface area contributed by atoms with Crippen molar-refractivity contribution in [1.82, 2.24) is 4.90 Å². The van der Waals surface area contributed by atoms with Crippen molar-refractivity contribution in [3.63, 3.8) is 0 Å². The first-order valence-electron chi connectivity index (χ1n) is 6.63. The molecule has 0 bridgehead atoms. The Hall–Kier alpha value is -0.710. The summed E-state index contributed by atoms with van der Waals surface area (Å²) >= 11 is 1.79. The molecule has 2 rings (SSSR count). The largest absolute Gasteiger partial charge is 0.369 e. The highest BCUT2D eigenvalue weighted by molar-refractivity contribution is 7.98. The molecule has 1 aromatic carbocycles. The zero-order valence-corrected chi connectivity index (χ0v) is 12.2. The van der Waals surface area contributed by atoms with Crippen LogP contribution < -0.4 is 10.6 Å². The molecule has 3 nitrogen and oxygen atoms in total. The predicted octanol–water partition coefficient (Wildman–Crippen LogP) is 2.01. The molecule has 1 aromatic rings. The number of benzene rings is 1. The maximum atomic E-state index is 5.94. The second kappa shape index (κ2) is 6.45. The van der Waals surface area contributed by atoms with E-state index in [4.69, 9.17) is 5.73 Å². The summed E-state index contributed by atoms with van der Waals surface area (Å²) in [4.78, 5) is 6.29. The smallest absolute Gasteiger partial charge is 0.0423 e. The van der Waals surface area contributed by atoms with Gasteiger partial charge in [0.1, 0.15) is 0 Å². The number of nitrogens with two attached hydrogens (primary N) is 1. The first-order chi connectivity index (χ1) is 8.80. The van der Waals surface area contributed by atoms with Crippen LogP contribution in [0.4, 0.5) is 5.69 Å². The second-order valence-electron chi connectivity index (χ2n) is 4.58. The lowest BCUT2D eigenvalue weighted by molar-refractivity contribution is 0.271. The lowest BCUT2D eigenvalue weighted by Crippen LogP contribution is -2.46. The molecule has 1 saturated heterocycles. The number of likely N-dealkylation sites (N-methyl/N-ethyl adjacent to an activating group) is 1. The van der Waals surface area contributed by atoms with Crippen molar-refractivity contribution in [3.05, 3.63) is 23.8 Å². The fourth-order valence-corrected chi connectivity index (χ4v) is 3.20. The van der Waals surface area contributed by atoms with Crippen LogP contribution in [-0.4, -0.2) is 43.9 Å². The highest BCUT2D eigenvalue weighted by Crippen LogP contribution is 2.29. The zero-order chi connectivity index (χ0) is 13.0. The molecule has 100 valence electrons. The Balaban J connectivity index is 2.18. The molecule has 1 heterocycles. The average molecular weight is 265 g/mol. The van der Waals surface area contributed by atoms with Gasteiger partial charge in [0, 0.05) is 48.9 Å². The molecule has 0 spiro atoms. The van der Waals surface area contributed by atoms with Gasteiger partial charge in [-0.05, 0) is 24.9 Å². The average Bonchev–Trinajstić information content (AvgIpc) is 2.46. The van der Waals surface area contributed by atoms with Crippen LogP contribution in [0.15, 0.2) is 23.1 Å². The monoisotopic (exact) mass is 265 g/mol. The Labute approximate surface area is 114 Å². The van der Waals surface area contributed by atoms with E-state index in [2.05, 4.69) is 41.2 Å². The van der Waals surface area contributed by atoms with E-state index < -0.39 is 0 Å². The van der Waals surface area contributed by atoms with E-state index >= 15 is 0 Å². The normalized spacial score (nSPS) is 17.2. The minimum absolute atomic E-state index is 0.625. The van der Waals surface area contributed by atoms with Gasteiger partial charge in [0.2, 0.25) is 0 Å². The molecular weight excluding hydrogens is 242 g/mol. The predicted molar refractivity (Wildman–Crippen MR) is 80.4 cm³/mol. The summed E-state index contributed by atoms with van der Waals surface area (Å²) in [5.74, 6) is 0. The Kier molecular flexibility index (Phi) is 4.92. The van der Waals surface area contributed by atoms with Gasteiger partial charge < -0.3 is 15.5 Å². The molecule has 0 aliphatic carbocycles. The van der Waals surface area contributed by atoms with Gasteiger partial charge in [-0.1, -0.05) is 13.0 Å². The lowest BCUT2D eigenvalue weighted by atomic mass is 10.1. The Morgan fingerprint density at radius 1 is 1.22 bits per heavy atom. The van der Waals surface area contributed by atoms with E-state index in [0.29, 0.717) is 6.54 Å². The first kappa shape index (κ1) is 13.7. The lowest BCUT2D eigenvalue weighted by Gasteiger charge is -2.36. The number of nitrogens with zero attached hydrogens (tertiary/aromatic N) is 2. The molecule has 18 heavy (non-hydrogen) atoms. The van der Waals surface area contributed by atoms with Gasteiger partial charge in [0.25, 0.3) is 0 Å². The Morgan fingerprint density at radius 2 is 1.94 bits per heavy atom. The molecule has 0 saturated carbocycles. The van der Waals surface area contributed by atoms with E-state index in [9.17, 15) is 0 Å². The van der Waals surface area contributed by atoms with Crippen LogP contribution >= 0.6 is 11.8 Å². The number of thioether (sulfide) groups is 1. The van der Waals surface area contributed by atoms with Crippen molar-refractivity contribution in [1.29, 1.82) is 0 Å². The van der Waals surface area contributed by atoms with Crippen LogP contribution in [0, 0.1) is 0 Å². The topological polar surface area (TPSA) is 32.5 Å². The zero-order valence-electron chi connectivity index (χ0n) is 11.4. The summed E-state index contributed by atoms with van der Waals surface area (Å²) in [6, 6.07) is 6.52. The fraction of sp³-hybridized carbons (Fsp3) is 0.571. The molecular formula is C14H23N3S.